The first kappa shape index (κ1) is 10.9. The zero-order chi connectivity index (χ0) is 11.5. The highest BCUT2D eigenvalue weighted by molar-refractivity contribution is 6.68. The topological polar surface area (TPSA) is 12.5 Å². The molecule has 1 aliphatic heterocycles. The molecule has 1 heterocycles. The van der Waals surface area contributed by atoms with Gasteiger partial charge in [0.15, 0.2) is 0 Å². The van der Waals surface area contributed by atoms with Crippen LogP contribution in [-0.2, 0) is 0 Å². The number of benzene rings is 1. The van der Waals surface area contributed by atoms with Crippen molar-refractivity contribution in [2.75, 3.05) is 7.05 Å². The monoisotopic (exact) mass is 213 g/mol. The molecular formula is C13H16BNO. The number of para-hydroxylation sites is 1. The van der Waals surface area contributed by atoms with E-state index in [9.17, 15) is 0 Å². The molecule has 0 aliphatic carbocycles. The molecule has 0 radical (unpaired) electrons. The molecule has 0 bridgehead atoms. The molecule has 3 heteroatoms. The van der Waals surface area contributed by atoms with Crippen molar-refractivity contribution in [1.82, 2.24) is 4.90 Å². The van der Waals surface area contributed by atoms with Crippen LogP contribution in [0.25, 0.3) is 0 Å². The van der Waals surface area contributed by atoms with E-state index in [1.165, 1.54) is 10.9 Å². The predicted molar refractivity (Wildman–Crippen MR) is 68.1 cm³/mol. The molecule has 1 aromatic carbocycles. The fourth-order valence-corrected chi connectivity index (χ4v) is 2.00. The SMILES string of the molecule is CC1=CN(C)C=C(C)B1Oc1ccccc1. The normalized spacial score (nSPS) is 15.7. The molecule has 0 aromatic heterocycles. The van der Waals surface area contributed by atoms with Gasteiger partial charge in [0, 0.05) is 7.05 Å². The Morgan fingerprint density at radius 3 is 2.12 bits per heavy atom. The smallest absolute Gasteiger partial charge is 0.420 e. The van der Waals surface area contributed by atoms with Gasteiger partial charge in [-0.2, -0.15) is 0 Å². The van der Waals surface area contributed by atoms with Crippen LogP contribution in [-0.4, -0.2) is 18.9 Å². The Hall–Kier alpha value is -1.64. The summed E-state index contributed by atoms with van der Waals surface area (Å²) in [5.74, 6) is 0.914. The largest absolute Gasteiger partial charge is 0.552 e. The lowest BCUT2D eigenvalue weighted by Gasteiger charge is -2.24. The number of hydrogen-bond donors (Lipinski definition) is 0. The maximum atomic E-state index is 5.96. The second-order valence-electron chi connectivity index (χ2n) is 4.22. The van der Waals surface area contributed by atoms with E-state index in [2.05, 4.69) is 31.1 Å². The molecule has 2 rings (SSSR count). The van der Waals surface area contributed by atoms with Crippen molar-refractivity contribution in [3.63, 3.8) is 0 Å². The Kier molecular flexibility index (Phi) is 3.04. The van der Waals surface area contributed by atoms with Gasteiger partial charge in [0.25, 0.3) is 0 Å². The van der Waals surface area contributed by atoms with Crippen molar-refractivity contribution in [2.45, 2.75) is 13.8 Å². The number of rotatable bonds is 2. The lowest BCUT2D eigenvalue weighted by atomic mass is 9.54. The van der Waals surface area contributed by atoms with Gasteiger partial charge in [0.05, 0.1) is 5.75 Å². The zero-order valence-electron chi connectivity index (χ0n) is 9.97. The number of hydrogen-bond acceptors (Lipinski definition) is 2. The Balaban J connectivity index is 2.16. The summed E-state index contributed by atoms with van der Waals surface area (Å²) in [6.45, 7) is 4.26. The van der Waals surface area contributed by atoms with Gasteiger partial charge in [-0.3, -0.25) is 0 Å². The third kappa shape index (κ3) is 2.30. The van der Waals surface area contributed by atoms with E-state index in [1.54, 1.807) is 0 Å². The van der Waals surface area contributed by atoms with E-state index >= 15 is 0 Å². The first-order valence-electron chi connectivity index (χ1n) is 5.47. The van der Waals surface area contributed by atoms with E-state index in [1.807, 2.05) is 37.4 Å². The molecule has 0 fully saturated rings. The van der Waals surface area contributed by atoms with Crippen LogP contribution in [0.15, 0.2) is 53.7 Å². The van der Waals surface area contributed by atoms with Gasteiger partial charge in [0.1, 0.15) is 0 Å². The van der Waals surface area contributed by atoms with Crippen molar-refractivity contribution in [3.8, 4) is 5.75 Å². The molecule has 1 aromatic rings. The van der Waals surface area contributed by atoms with Gasteiger partial charge in [-0.1, -0.05) is 18.2 Å². The van der Waals surface area contributed by atoms with Crippen LogP contribution in [0.2, 0.25) is 0 Å². The van der Waals surface area contributed by atoms with Crippen molar-refractivity contribution < 1.29 is 4.65 Å². The molecule has 0 unspecified atom stereocenters. The lowest BCUT2D eigenvalue weighted by Crippen LogP contribution is -2.31. The highest BCUT2D eigenvalue weighted by Gasteiger charge is 2.26. The van der Waals surface area contributed by atoms with Gasteiger partial charge >= 0.3 is 6.92 Å². The molecule has 0 atom stereocenters. The summed E-state index contributed by atoms with van der Waals surface area (Å²) < 4.78 is 5.96. The molecule has 82 valence electrons. The first-order chi connectivity index (χ1) is 7.66. The molecule has 1 aliphatic rings. The minimum atomic E-state index is 0.0681. The average Bonchev–Trinajstić information content (AvgIpc) is 2.25. The van der Waals surface area contributed by atoms with Crippen LogP contribution >= 0.6 is 0 Å². The van der Waals surface area contributed by atoms with E-state index in [4.69, 9.17) is 4.65 Å². The van der Waals surface area contributed by atoms with Crippen LogP contribution in [0.1, 0.15) is 13.8 Å². The molecule has 0 saturated heterocycles. The van der Waals surface area contributed by atoms with Crippen LogP contribution in [0.4, 0.5) is 0 Å². The first-order valence-corrected chi connectivity index (χ1v) is 5.47. The summed E-state index contributed by atoms with van der Waals surface area (Å²) in [6.07, 6.45) is 4.20. The molecule has 0 spiro atoms. The summed E-state index contributed by atoms with van der Waals surface area (Å²) in [5.41, 5.74) is 2.46. The van der Waals surface area contributed by atoms with Gasteiger partial charge in [-0.25, -0.2) is 0 Å². The van der Waals surface area contributed by atoms with Crippen molar-refractivity contribution >= 4 is 6.92 Å². The summed E-state index contributed by atoms with van der Waals surface area (Å²) in [7, 11) is 2.03. The molecule has 0 amide bonds. The zero-order valence-corrected chi connectivity index (χ0v) is 9.97. The predicted octanol–water partition coefficient (Wildman–Crippen LogP) is 2.89. The molecule has 0 saturated carbocycles. The Morgan fingerprint density at radius 1 is 1.00 bits per heavy atom. The fourth-order valence-electron chi connectivity index (χ4n) is 2.00. The molecule has 2 nitrogen and oxygen atoms in total. The third-order valence-corrected chi connectivity index (χ3v) is 2.64. The van der Waals surface area contributed by atoms with E-state index in [-0.39, 0.29) is 6.92 Å². The van der Waals surface area contributed by atoms with Crippen molar-refractivity contribution in [3.05, 3.63) is 53.7 Å². The second-order valence-corrected chi connectivity index (χ2v) is 4.22. The molecular weight excluding hydrogens is 197 g/mol. The maximum absolute atomic E-state index is 5.96. The summed E-state index contributed by atoms with van der Waals surface area (Å²) in [4.78, 5) is 2.06. The average molecular weight is 213 g/mol. The van der Waals surface area contributed by atoms with Crippen molar-refractivity contribution in [2.24, 2.45) is 0 Å². The summed E-state index contributed by atoms with van der Waals surface area (Å²) >= 11 is 0. The molecule has 0 N–H and O–H groups in total. The minimum absolute atomic E-state index is 0.0681. The van der Waals surface area contributed by atoms with E-state index in [0.717, 1.165) is 5.75 Å². The van der Waals surface area contributed by atoms with Crippen LogP contribution in [0.5, 0.6) is 5.75 Å². The van der Waals surface area contributed by atoms with Crippen LogP contribution < -0.4 is 4.65 Å². The van der Waals surface area contributed by atoms with E-state index in [0.29, 0.717) is 0 Å². The van der Waals surface area contributed by atoms with Gasteiger partial charge < -0.3 is 9.55 Å². The fraction of sp³-hybridized carbons (Fsp3) is 0.231. The van der Waals surface area contributed by atoms with Crippen LogP contribution in [0, 0.1) is 0 Å². The van der Waals surface area contributed by atoms with Gasteiger partial charge in [0.2, 0.25) is 0 Å². The molecule has 16 heavy (non-hydrogen) atoms. The summed E-state index contributed by atoms with van der Waals surface area (Å²) in [6, 6.07) is 9.94. The number of allylic oxidation sites excluding steroid dienone is 2. The van der Waals surface area contributed by atoms with Gasteiger partial charge in [-0.15, -0.1) is 0 Å². The standard InChI is InChI=1S/C13H16BNO/c1-11-9-15(3)10-12(2)14(11)16-13-7-5-4-6-8-13/h4-10H,1-3H3. The quantitative estimate of drug-likeness (QED) is 0.700. The summed E-state index contributed by atoms with van der Waals surface area (Å²) in [5, 5.41) is 0. The second kappa shape index (κ2) is 4.48. The minimum Gasteiger partial charge on any atom is -0.552 e. The number of nitrogens with zero attached hydrogens (tertiary/aromatic N) is 1. The highest BCUT2D eigenvalue weighted by atomic mass is 16.4. The Morgan fingerprint density at radius 2 is 1.56 bits per heavy atom. The van der Waals surface area contributed by atoms with Gasteiger partial charge in [-0.05, 0) is 49.3 Å². The van der Waals surface area contributed by atoms with E-state index < -0.39 is 0 Å². The Labute approximate surface area is 97.3 Å². The lowest BCUT2D eigenvalue weighted by molar-refractivity contribution is 0.560. The maximum Gasteiger partial charge on any atom is 0.420 e. The highest BCUT2D eigenvalue weighted by Crippen LogP contribution is 2.20. The van der Waals surface area contributed by atoms with Crippen molar-refractivity contribution in [1.29, 1.82) is 0 Å². The third-order valence-electron chi connectivity index (χ3n) is 2.64. The van der Waals surface area contributed by atoms with Crippen LogP contribution in [0.3, 0.4) is 0 Å². The Bertz CT molecular complexity index is 405.